The van der Waals surface area contributed by atoms with Crippen molar-refractivity contribution in [3.05, 3.63) is 0 Å². The molecule has 0 rings (SSSR count). The maximum atomic E-state index is 7.72. The van der Waals surface area contributed by atoms with Gasteiger partial charge < -0.3 is 20.1 Å². The van der Waals surface area contributed by atoms with Crippen LogP contribution in [0.25, 0.3) is 0 Å². The molecule has 6 heavy (non-hydrogen) atoms. The number of methoxy groups -OCH3 is 1. The quantitative estimate of drug-likeness (QED) is 0.336. The van der Waals surface area contributed by atoms with E-state index in [2.05, 4.69) is 4.74 Å². The van der Waals surface area contributed by atoms with Crippen LogP contribution >= 0.6 is 0 Å². The molecule has 3 N–H and O–H groups in total. The Labute approximate surface area is 34.6 Å². The van der Waals surface area contributed by atoms with E-state index in [1.54, 1.807) is 0 Å². The van der Waals surface area contributed by atoms with Gasteiger partial charge in [-0.3, -0.25) is 0 Å². The Hall–Kier alpha value is -0.160. The normalized spacial score (nSPS) is 12.0. The molecule has 0 radical (unpaired) electrons. The lowest BCUT2D eigenvalue weighted by Gasteiger charge is -2.07. The first kappa shape index (κ1) is 5.84. The van der Waals surface area contributed by atoms with Crippen molar-refractivity contribution in [3.8, 4) is 0 Å². The highest BCUT2D eigenvalue weighted by atomic mass is 16.9. The standard InChI is InChI=1S/C2H6O4/c1-6-2(3,4)5/h3-5H,1H3. The second-order valence-electron chi connectivity index (χ2n) is 0.778. The summed E-state index contributed by atoms with van der Waals surface area (Å²) in [5.41, 5.74) is 0. The zero-order valence-corrected chi connectivity index (χ0v) is 3.25. The van der Waals surface area contributed by atoms with E-state index in [0.717, 1.165) is 7.11 Å². The molecule has 0 atom stereocenters. The predicted octanol–water partition coefficient (Wildman–Crippen LogP) is -1.78. The highest BCUT2D eigenvalue weighted by molar-refractivity contribution is 4.09. The molecule has 0 unspecified atom stereocenters. The van der Waals surface area contributed by atoms with Gasteiger partial charge in [-0.15, -0.1) is 0 Å². The molecule has 0 saturated carbocycles. The van der Waals surface area contributed by atoms with Gasteiger partial charge in [-0.2, -0.15) is 0 Å². The van der Waals surface area contributed by atoms with Crippen LogP contribution in [-0.2, 0) is 4.74 Å². The average molecular weight is 94.1 g/mol. The highest BCUT2D eigenvalue weighted by Gasteiger charge is 2.14. The van der Waals surface area contributed by atoms with E-state index in [4.69, 9.17) is 15.3 Å². The molecule has 0 saturated heterocycles. The van der Waals surface area contributed by atoms with Crippen LogP contribution in [0, 0.1) is 0 Å². The third-order valence-corrected chi connectivity index (χ3v) is 0.274. The molecule has 0 spiro atoms. The van der Waals surface area contributed by atoms with Crippen LogP contribution in [-0.4, -0.2) is 28.6 Å². The number of hydrogen-bond donors (Lipinski definition) is 3. The lowest BCUT2D eigenvalue weighted by molar-refractivity contribution is -0.446. The van der Waals surface area contributed by atoms with Crippen LogP contribution in [0.5, 0.6) is 0 Å². The van der Waals surface area contributed by atoms with E-state index < -0.39 is 6.16 Å². The SMILES string of the molecule is COC(O)(O)O. The van der Waals surface area contributed by atoms with Gasteiger partial charge in [0.05, 0.1) is 0 Å². The topological polar surface area (TPSA) is 69.9 Å². The lowest BCUT2D eigenvalue weighted by atomic mass is 11.1. The summed E-state index contributed by atoms with van der Waals surface area (Å²) in [6.45, 7) is 0. The fourth-order valence-electron chi connectivity index (χ4n) is 0. The molecule has 4 nitrogen and oxygen atoms in total. The molecule has 38 valence electrons. The van der Waals surface area contributed by atoms with Crippen molar-refractivity contribution in [1.82, 2.24) is 0 Å². The maximum absolute atomic E-state index is 7.72. The first-order valence-electron chi connectivity index (χ1n) is 1.28. The Kier molecular flexibility index (Phi) is 1.48. The molecule has 0 fully saturated rings. The van der Waals surface area contributed by atoms with Gasteiger partial charge in [0, 0.05) is 7.11 Å². The Morgan fingerprint density at radius 1 is 1.33 bits per heavy atom. The zero-order valence-electron chi connectivity index (χ0n) is 3.25. The van der Waals surface area contributed by atoms with Crippen LogP contribution in [0.15, 0.2) is 0 Å². The van der Waals surface area contributed by atoms with Crippen LogP contribution in [0.1, 0.15) is 0 Å². The summed E-state index contributed by atoms with van der Waals surface area (Å²) in [5.74, 6) is 0. The highest BCUT2D eigenvalue weighted by Crippen LogP contribution is 1.87. The second-order valence-corrected chi connectivity index (χ2v) is 0.778. The monoisotopic (exact) mass is 94.0 g/mol. The zero-order chi connectivity index (χ0) is 5.21. The molecule has 0 aliphatic carbocycles. The fourth-order valence-corrected chi connectivity index (χ4v) is 0. The lowest BCUT2D eigenvalue weighted by Crippen LogP contribution is -2.28. The summed E-state index contributed by atoms with van der Waals surface area (Å²) in [5, 5.41) is 23.1. The smallest absolute Gasteiger partial charge is 0.319 e. The van der Waals surface area contributed by atoms with E-state index in [1.807, 2.05) is 0 Å². The maximum Gasteiger partial charge on any atom is 0.404 e. The number of rotatable bonds is 1. The Morgan fingerprint density at radius 2 is 1.50 bits per heavy atom. The van der Waals surface area contributed by atoms with Crippen LogP contribution < -0.4 is 0 Å². The Bertz CT molecular complexity index is 35.3. The summed E-state index contributed by atoms with van der Waals surface area (Å²) in [6.07, 6.45) is -2.96. The van der Waals surface area contributed by atoms with Crippen molar-refractivity contribution in [2.24, 2.45) is 0 Å². The van der Waals surface area contributed by atoms with Crippen molar-refractivity contribution >= 4 is 0 Å². The predicted molar refractivity (Wildman–Crippen MR) is 16.4 cm³/mol. The minimum atomic E-state index is -2.96. The van der Waals surface area contributed by atoms with E-state index in [1.165, 1.54) is 0 Å². The molecule has 0 aliphatic heterocycles. The van der Waals surface area contributed by atoms with Crippen molar-refractivity contribution in [1.29, 1.82) is 0 Å². The van der Waals surface area contributed by atoms with E-state index in [0.29, 0.717) is 0 Å². The van der Waals surface area contributed by atoms with E-state index in [-0.39, 0.29) is 0 Å². The van der Waals surface area contributed by atoms with Gasteiger partial charge >= 0.3 is 6.16 Å². The largest absolute Gasteiger partial charge is 0.404 e. The Morgan fingerprint density at radius 3 is 1.50 bits per heavy atom. The third-order valence-electron chi connectivity index (χ3n) is 0.274. The summed E-state index contributed by atoms with van der Waals surface area (Å²) >= 11 is 0. The van der Waals surface area contributed by atoms with Crippen molar-refractivity contribution in [2.45, 2.75) is 6.16 Å². The summed E-state index contributed by atoms with van der Waals surface area (Å²) in [7, 11) is 0.958. The first-order valence-corrected chi connectivity index (χ1v) is 1.28. The number of ether oxygens (including phenoxy) is 1. The number of aliphatic hydroxyl groups is 3. The van der Waals surface area contributed by atoms with Crippen LogP contribution in [0.4, 0.5) is 0 Å². The molecular formula is C2H6O4. The molecule has 0 heterocycles. The van der Waals surface area contributed by atoms with E-state index in [9.17, 15) is 0 Å². The van der Waals surface area contributed by atoms with Gasteiger partial charge in [0.25, 0.3) is 0 Å². The third kappa shape index (κ3) is 3.84. The minimum absolute atomic E-state index is 0.958. The fraction of sp³-hybridized carbons (Fsp3) is 1.00. The molecule has 4 heteroatoms. The van der Waals surface area contributed by atoms with Crippen molar-refractivity contribution in [3.63, 3.8) is 0 Å². The minimum Gasteiger partial charge on any atom is -0.319 e. The van der Waals surface area contributed by atoms with E-state index >= 15 is 0 Å². The van der Waals surface area contributed by atoms with Gasteiger partial charge in [-0.05, 0) is 0 Å². The molecule has 0 aromatic rings. The molecule has 0 bridgehead atoms. The van der Waals surface area contributed by atoms with Gasteiger partial charge in [0.15, 0.2) is 0 Å². The molecule has 0 aromatic carbocycles. The van der Waals surface area contributed by atoms with Crippen LogP contribution in [0.3, 0.4) is 0 Å². The molecule has 0 aromatic heterocycles. The molecule has 0 aliphatic rings. The number of hydrogen-bond acceptors (Lipinski definition) is 4. The summed E-state index contributed by atoms with van der Waals surface area (Å²) < 4.78 is 3.60. The Balaban J connectivity index is 3.17. The second kappa shape index (κ2) is 1.53. The van der Waals surface area contributed by atoms with Gasteiger partial charge in [0.2, 0.25) is 0 Å². The van der Waals surface area contributed by atoms with Crippen LogP contribution in [0.2, 0.25) is 0 Å². The van der Waals surface area contributed by atoms with Gasteiger partial charge in [0.1, 0.15) is 0 Å². The first-order chi connectivity index (χ1) is 2.56. The average Bonchev–Trinajstić information content (AvgIpc) is 1.35. The van der Waals surface area contributed by atoms with Gasteiger partial charge in [-0.25, -0.2) is 0 Å². The van der Waals surface area contributed by atoms with Crippen molar-refractivity contribution < 1.29 is 20.1 Å². The summed E-state index contributed by atoms with van der Waals surface area (Å²) in [4.78, 5) is 0. The van der Waals surface area contributed by atoms with Crippen molar-refractivity contribution in [2.75, 3.05) is 7.11 Å². The summed E-state index contributed by atoms with van der Waals surface area (Å²) in [6, 6.07) is 0. The van der Waals surface area contributed by atoms with Gasteiger partial charge in [-0.1, -0.05) is 0 Å². The molecular weight excluding hydrogens is 88.0 g/mol. The molecule has 0 amide bonds.